The normalized spacial score (nSPS) is 11.5. The van der Waals surface area contributed by atoms with Crippen molar-refractivity contribution in [1.29, 1.82) is 0 Å². The SMILES string of the molecule is CCCCOS(=O)(=O)c1ccc(O)cc1. The van der Waals surface area contributed by atoms with E-state index in [-0.39, 0.29) is 17.3 Å². The molecule has 0 unspecified atom stereocenters. The van der Waals surface area contributed by atoms with E-state index in [1.165, 1.54) is 24.3 Å². The topological polar surface area (TPSA) is 63.6 Å². The van der Waals surface area contributed by atoms with Gasteiger partial charge < -0.3 is 5.11 Å². The molecule has 0 aliphatic carbocycles. The molecule has 0 saturated carbocycles. The van der Waals surface area contributed by atoms with Gasteiger partial charge in [0.05, 0.1) is 11.5 Å². The summed E-state index contributed by atoms with van der Waals surface area (Å²) in [6.45, 7) is 2.15. The fourth-order valence-corrected chi connectivity index (χ4v) is 1.94. The smallest absolute Gasteiger partial charge is 0.296 e. The summed E-state index contributed by atoms with van der Waals surface area (Å²) in [6, 6.07) is 5.26. The molecule has 84 valence electrons. The summed E-state index contributed by atoms with van der Waals surface area (Å²) < 4.78 is 27.8. The summed E-state index contributed by atoms with van der Waals surface area (Å²) in [4.78, 5) is 0.0661. The molecule has 0 heterocycles. The van der Waals surface area contributed by atoms with E-state index in [4.69, 9.17) is 9.29 Å². The lowest BCUT2D eigenvalue weighted by atomic mass is 10.3. The summed E-state index contributed by atoms with van der Waals surface area (Å²) in [5.74, 6) is 0.0301. The van der Waals surface area contributed by atoms with E-state index >= 15 is 0 Å². The minimum atomic E-state index is -3.66. The second kappa shape index (κ2) is 5.14. The van der Waals surface area contributed by atoms with Crippen molar-refractivity contribution in [3.8, 4) is 5.75 Å². The predicted molar refractivity (Wildman–Crippen MR) is 56.2 cm³/mol. The number of phenolic OH excluding ortho intramolecular Hbond substituents is 1. The van der Waals surface area contributed by atoms with Gasteiger partial charge in [0, 0.05) is 0 Å². The number of rotatable bonds is 5. The summed E-state index contributed by atoms with van der Waals surface area (Å²) in [6.07, 6.45) is 1.59. The Kier molecular flexibility index (Phi) is 4.11. The van der Waals surface area contributed by atoms with Gasteiger partial charge in [0.2, 0.25) is 0 Å². The predicted octanol–water partition coefficient (Wildman–Crippen LogP) is 1.90. The zero-order valence-electron chi connectivity index (χ0n) is 8.51. The monoisotopic (exact) mass is 230 g/mol. The Morgan fingerprint density at radius 2 is 1.87 bits per heavy atom. The van der Waals surface area contributed by atoms with Crippen molar-refractivity contribution >= 4 is 10.1 Å². The summed E-state index contributed by atoms with van der Waals surface area (Å²) in [5, 5.41) is 9.00. The van der Waals surface area contributed by atoms with Crippen molar-refractivity contribution in [2.75, 3.05) is 6.61 Å². The molecule has 1 rings (SSSR count). The number of benzene rings is 1. The van der Waals surface area contributed by atoms with Crippen molar-refractivity contribution < 1.29 is 17.7 Å². The van der Waals surface area contributed by atoms with Crippen molar-refractivity contribution in [3.63, 3.8) is 0 Å². The van der Waals surface area contributed by atoms with Crippen LogP contribution in [0.4, 0.5) is 0 Å². The Morgan fingerprint density at radius 1 is 1.27 bits per heavy atom. The second-order valence-corrected chi connectivity index (χ2v) is 4.74. The van der Waals surface area contributed by atoms with Crippen LogP contribution in [0, 0.1) is 0 Å². The Balaban J connectivity index is 2.73. The fourth-order valence-electron chi connectivity index (χ4n) is 0.994. The highest BCUT2D eigenvalue weighted by atomic mass is 32.2. The Hall–Kier alpha value is -1.07. The lowest BCUT2D eigenvalue weighted by Gasteiger charge is -2.04. The van der Waals surface area contributed by atoms with E-state index < -0.39 is 10.1 Å². The third kappa shape index (κ3) is 3.53. The third-order valence-electron chi connectivity index (χ3n) is 1.86. The fraction of sp³-hybridized carbons (Fsp3) is 0.400. The highest BCUT2D eigenvalue weighted by Gasteiger charge is 2.14. The summed E-state index contributed by atoms with van der Waals surface area (Å²) in [5.41, 5.74) is 0. The van der Waals surface area contributed by atoms with Gasteiger partial charge in [0.15, 0.2) is 0 Å². The van der Waals surface area contributed by atoms with E-state index in [0.717, 1.165) is 6.42 Å². The second-order valence-electron chi connectivity index (χ2n) is 3.12. The average molecular weight is 230 g/mol. The van der Waals surface area contributed by atoms with Crippen molar-refractivity contribution in [3.05, 3.63) is 24.3 Å². The molecule has 1 N–H and O–H groups in total. The quantitative estimate of drug-likeness (QED) is 0.619. The molecule has 0 radical (unpaired) electrons. The van der Waals surface area contributed by atoms with Gasteiger partial charge in [-0.1, -0.05) is 13.3 Å². The largest absolute Gasteiger partial charge is 0.508 e. The van der Waals surface area contributed by atoms with Crippen molar-refractivity contribution in [2.24, 2.45) is 0 Å². The van der Waals surface area contributed by atoms with Crippen LogP contribution in [-0.4, -0.2) is 20.1 Å². The minimum absolute atomic E-state index is 0.0301. The number of unbranched alkanes of at least 4 members (excludes halogenated alkanes) is 1. The van der Waals surface area contributed by atoms with Crippen LogP contribution in [0.2, 0.25) is 0 Å². The van der Waals surface area contributed by atoms with E-state index in [0.29, 0.717) is 6.42 Å². The minimum Gasteiger partial charge on any atom is -0.508 e. The molecule has 1 aromatic carbocycles. The lowest BCUT2D eigenvalue weighted by Crippen LogP contribution is -2.07. The Labute approximate surface area is 89.6 Å². The van der Waals surface area contributed by atoms with Gasteiger partial charge in [-0.25, -0.2) is 0 Å². The van der Waals surface area contributed by atoms with Gasteiger partial charge in [-0.2, -0.15) is 8.42 Å². The number of aromatic hydroxyl groups is 1. The van der Waals surface area contributed by atoms with Gasteiger partial charge in [0.1, 0.15) is 5.75 Å². The number of hydrogen-bond donors (Lipinski definition) is 1. The molecule has 15 heavy (non-hydrogen) atoms. The molecule has 0 aliphatic heterocycles. The molecule has 0 saturated heterocycles. The first kappa shape index (κ1) is 12.0. The first-order valence-corrected chi connectivity index (χ1v) is 6.15. The Morgan fingerprint density at radius 3 is 2.40 bits per heavy atom. The molecule has 0 fully saturated rings. The molecule has 0 aliphatic rings. The van der Waals surface area contributed by atoms with Crippen molar-refractivity contribution in [2.45, 2.75) is 24.7 Å². The van der Waals surface area contributed by atoms with Crippen LogP contribution < -0.4 is 0 Å². The molecule has 0 aromatic heterocycles. The van der Waals surface area contributed by atoms with Gasteiger partial charge in [-0.3, -0.25) is 4.18 Å². The molecule has 5 heteroatoms. The van der Waals surface area contributed by atoms with Gasteiger partial charge in [-0.15, -0.1) is 0 Å². The summed E-state index contributed by atoms with van der Waals surface area (Å²) >= 11 is 0. The van der Waals surface area contributed by atoms with Crippen LogP contribution >= 0.6 is 0 Å². The highest BCUT2D eigenvalue weighted by Crippen LogP contribution is 2.16. The van der Waals surface area contributed by atoms with Crippen LogP contribution in [0.5, 0.6) is 5.75 Å². The first-order chi connectivity index (χ1) is 7.06. The molecule has 0 bridgehead atoms. The van der Waals surface area contributed by atoms with Crippen LogP contribution in [0.3, 0.4) is 0 Å². The van der Waals surface area contributed by atoms with Crippen molar-refractivity contribution in [1.82, 2.24) is 0 Å². The van der Waals surface area contributed by atoms with Gasteiger partial charge in [-0.05, 0) is 30.7 Å². The van der Waals surface area contributed by atoms with Crippen LogP contribution in [0.25, 0.3) is 0 Å². The van der Waals surface area contributed by atoms with Crippen LogP contribution in [0.1, 0.15) is 19.8 Å². The standard InChI is InChI=1S/C10H14O4S/c1-2-3-8-14-15(12,13)10-6-4-9(11)5-7-10/h4-7,11H,2-3,8H2,1H3. The number of hydrogen-bond acceptors (Lipinski definition) is 4. The number of phenols is 1. The molecule has 4 nitrogen and oxygen atoms in total. The molecule has 0 atom stereocenters. The maximum absolute atomic E-state index is 11.5. The van der Waals surface area contributed by atoms with E-state index in [1.54, 1.807) is 0 Å². The molecule has 0 spiro atoms. The van der Waals surface area contributed by atoms with Gasteiger partial charge >= 0.3 is 0 Å². The zero-order chi connectivity index (χ0) is 11.3. The Bertz CT molecular complexity index is 394. The summed E-state index contributed by atoms with van der Waals surface area (Å²) in [7, 11) is -3.66. The maximum Gasteiger partial charge on any atom is 0.296 e. The van der Waals surface area contributed by atoms with E-state index in [1.807, 2.05) is 6.92 Å². The molecule has 1 aromatic rings. The average Bonchev–Trinajstić information content (AvgIpc) is 2.18. The first-order valence-electron chi connectivity index (χ1n) is 4.74. The molecular weight excluding hydrogens is 216 g/mol. The maximum atomic E-state index is 11.5. The van der Waals surface area contributed by atoms with Crippen LogP contribution in [0.15, 0.2) is 29.2 Å². The van der Waals surface area contributed by atoms with E-state index in [9.17, 15) is 8.42 Å². The molecular formula is C10H14O4S. The van der Waals surface area contributed by atoms with Gasteiger partial charge in [0.25, 0.3) is 10.1 Å². The van der Waals surface area contributed by atoms with Crippen LogP contribution in [-0.2, 0) is 14.3 Å². The lowest BCUT2D eigenvalue weighted by molar-refractivity contribution is 0.311. The van der Waals surface area contributed by atoms with E-state index in [2.05, 4.69) is 0 Å². The third-order valence-corrected chi connectivity index (χ3v) is 3.19. The highest BCUT2D eigenvalue weighted by molar-refractivity contribution is 7.86. The zero-order valence-corrected chi connectivity index (χ0v) is 9.33. The molecule has 0 amide bonds.